The number of anilines is 2. The molecule has 0 radical (unpaired) electrons. The lowest BCUT2D eigenvalue weighted by Gasteiger charge is -2.10. The van der Waals surface area contributed by atoms with Crippen LogP contribution in [0.1, 0.15) is 29.5 Å². The molecule has 0 spiro atoms. The van der Waals surface area contributed by atoms with Crippen LogP contribution in [0.5, 0.6) is 0 Å². The summed E-state index contributed by atoms with van der Waals surface area (Å²) in [7, 11) is -3.50. The molecule has 1 aliphatic rings. The van der Waals surface area contributed by atoms with Crippen LogP contribution in [0.2, 0.25) is 0 Å². The summed E-state index contributed by atoms with van der Waals surface area (Å²) >= 11 is 0. The first-order chi connectivity index (χ1) is 10.8. The van der Waals surface area contributed by atoms with Crippen molar-refractivity contribution in [1.29, 1.82) is 0 Å². The van der Waals surface area contributed by atoms with Crippen molar-refractivity contribution in [2.24, 2.45) is 0 Å². The normalized spacial score (nSPS) is 16.8. The van der Waals surface area contributed by atoms with E-state index in [2.05, 4.69) is 10.0 Å². The van der Waals surface area contributed by atoms with Gasteiger partial charge in [0.1, 0.15) is 0 Å². The van der Waals surface area contributed by atoms with E-state index in [4.69, 9.17) is 0 Å². The van der Waals surface area contributed by atoms with E-state index in [1.54, 1.807) is 25.1 Å². The molecule has 0 aromatic heterocycles. The first-order valence-corrected chi connectivity index (χ1v) is 9.00. The lowest BCUT2D eigenvalue weighted by Crippen LogP contribution is -2.15. The molecule has 1 unspecified atom stereocenters. The zero-order valence-electron chi connectivity index (χ0n) is 13.0. The van der Waals surface area contributed by atoms with Crippen molar-refractivity contribution in [3.05, 3.63) is 59.2 Å². The minimum atomic E-state index is -3.50. The molecule has 2 N–H and O–H groups in total. The van der Waals surface area contributed by atoms with Crippen LogP contribution in [-0.4, -0.2) is 14.3 Å². The summed E-state index contributed by atoms with van der Waals surface area (Å²) in [5.41, 5.74) is 3.84. The van der Waals surface area contributed by atoms with Gasteiger partial charge in [-0.1, -0.05) is 29.8 Å². The second kappa shape index (κ2) is 5.70. The molecule has 120 valence electrons. The fraction of sp³-hybridized carbons (Fsp3) is 0.235. The summed E-state index contributed by atoms with van der Waals surface area (Å²) < 4.78 is 27.2. The Hall–Kier alpha value is -2.34. The smallest absolute Gasteiger partial charge is 0.236 e. The number of rotatable bonds is 4. The number of carbonyl (C=O) groups is 1. The van der Waals surface area contributed by atoms with Crippen LogP contribution >= 0.6 is 0 Å². The third-order valence-electron chi connectivity index (χ3n) is 3.92. The predicted molar refractivity (Wildman–Crippen MR) is 90.9 cm³/mol. The quantitative estimate of drug-likeness (QED) is 0.905. The summed E-state index contributed by atoms with van der Waals surface area (Å²) in [5.74, 6) is -0.428. The molecule has 0 bridgehead atoms. The first kappa shape index (κ1) is 15.6. The van der Waals surface area contributed by atoms with E-state index in [0.717, 1.165) is 22.4 Å². The molecule has 2 aromatic carbocycles. The van der Waals surface area contributed by atoms with Gasteiger partial charge >= 0.3 is 0 Å². The third-order valence-corrected chi connectivity index (χ3v) is 5.18. The van der Waals surface area contributed by atoms with Crippen molar-refractivity contribution in [1.82, 2.24) is 0 Å². The average Bonchev–Trinajstić information content (AvgIpc) is 2.76. The fourth-order valence-electron chi connectivity index (χ4n) is 2.60. The minimum Gasteiger partial charge on any atom is -0.325 e. The first-order valence-electron chi connectivity index (χ1n) is 7.35. The van der Waals surface area contributed by atoms with E-state index in [0.29, 0.717) is 5.69 Å². The number of fused-ring (bicyclic) bond motifs is 1. The van der Waals surface area contributed by atoms with Crippen LogP contribution in [0.3, 0.4) is 0 Å². The Morgan fingerprint density at radius 2 is 1.83 bits per heavy atom. The maximum absolute atomic E-state index is 12.3. The average molecular weight is 330 g/mol. The van der Waals surface area contributed by atoms with Gasteiger partial charge in [0.05, 0.1) is 11.7 Å². The van der Waals surface area contributed by atoms with Gasteiger partial charge in [-0.25, -0.2) is 8.42 Å². The topological polar surface area (TPSA) is 75.3 Å². The van der Waals surface area contributed by atoms with Crippen LogP contribution in [-0.2, 0) is 20.6 Å². The highest BCUT2D eigenvalue weighted by molar-refractivity contribution is 7.91. The van der Waals surface area contributed by atoms with Gasteiger partial charge in [-0.15, -0.1) is 0 Å². The molecule has 1 heterocycles. The van der Waals surface area contributed by atoms with Crippen LogP contribution < -0.4 is 10.0 Å². The highest BCUT2D eigenvalue weighted by Crippen LogP contribution is 2.34. The monoisotopic (exact) mass is 330 g/mol. The summed E-state index contributed by atoms with van der Waals surface area (Å²) in [6, 6.07) is 12.5. The Bertz CT molecular complexity index is 858. The number of hydrogen-bond donors (Lipinski definition) is 2. The van der Waals surface area contributed by atoms with Crippen molar-refractivity contribution in [3.8, 4) is 0 Å². The molecule has 23 heavy (non-hydrogen) atoms. The number of aryl methyl sites for hydroxylation is 1. The van der Waals surface area contributed by atoms with Gasteiger partial charge in [-0.05, 0) is 43.2 Å². The zero-order valence-corrected chi connectivity index (χ0v) is 13.8. The van der Waals surface area contributed by atoms with Gasteiger partial charge in [-0.2, -0.15) is 0 Å². The Morgan fingerprint density at radius 3 is 2.52 bits per heavy atom. The number of hydrogen-bond acceptors (Lipinski definition) is 3. The molecular weight excluding hydrogens is 312 g/mol. The zero-order chi connectivity index (χ0) is 16.6. The Kier molecular flexibility index (Phi) is 3.85. The highest BCUT2D eigenvalue weighted by Gasteiger charge is 2.26. The molecule has 0 saturated carbocycles. The van der Waals surface area contributed by atoms with E-state index in [1.807, 2.05) is 31.2 Å². The van der Waals surface area contributed by atoms with Crippen LogP contribution in [0.25, 0.3) is 0 Å². The maximum Gasteiger partial charge on any atom is 0.236 e. The van der Waals surface area contributed by atoms with E-state index in [-0.39, 0.29) is 17.6 Å². The van der Waals surface area contributed by atoms with Crippen molar-refractivity contribution < 1.29 is 13.2 Å². The number of amides is 1. The standard InChI is InChI=1S/C17H18N2O3S/c1-11-3-5-13(6-4-11)10-23(21,22)19-14-7-8-16-15(9-14)12(2)17(20)18-16/h3-9,12,19H,10H2,1-2H3,(H,18,20). The van der Waals surface area contributed by atoms with Gasteiger partial charge < -0.3 is 5.32 Å². The molecule has 2 aromatic rings. The third kappa shape index (κ3) is 3.37. The SMILES string of the molecule is Cc1ccc(CS(=O)(=O)Nc2ccc3c(c2)C(C)C(=O)N3)cc1. The highest BCUT2D eigenvalue weighted by atomic mass is 32.2. The predicted octanol–water partition coefficient (Wildman–Crippen LogP) is 2.99. The fourth-order valence-corrected chi connectivity index (χ4v) is 3.79. The molecule has 1 amide bonds. The second-order valence-corrected chi connectivity index (χ2v) is 7.58. The van der Waals surface area contributed by atoms with E-state index in [1.165, 1.54) is 0 Å². The lowest BCUT2D eigenvalue weighted by atomic mass is 10.0. The van der Waals surface area contributed by atoms with E-state index in [9.17, 15) is 13.2 Å². The molecule has 0 saturated heterocycles. The molecule has 5 nitrogen and oxygen atoms in total. The Morgan fingerprint density at radius 1 is 1.13 bits per heavy atom. The Labute approximate surface area is 135 Å². The van der Waals surface area contributed by atoms with Gasteiger partial charge in [0.25, 0.3) is 0 Å². The molecule has 1 aliphatic heterocycles. The largest absolute Gasteiger partial charge is 0.325 e. The van der Waals surface area contributed by atoms with Gasteiger partial charge in [0.15, 0.2) is 0 Å². The molecule has 3 rings (SSSR count). The van der Waals surface area contributed by atoms with Gasteiger partial charge in [0, 0.05) is 11.4 Å². The van der Waals surface area contributed by atoms with Crippen molar-refractivity contribution >= 4 is 27.3 Å². The molecule has 0 fully saturated rings. The van der Waals surface area contributed by atoms with E-state index >= 15 is 0 Å². The van der Waals surface area contributed by atoms with Crippen molar-refractivity contribution in [3.63, 3.8) is 0 Å². The maximum atomic E-state index is 12.3. The number of nitrogens with one attached hydrogen (secondary N) is 2. The second-order valence-electron chi connectivity index (χ2n) is 5.86. The van der Waals surface area contributed by atoms with E-state index < -0.39 is 10.0 Å². The van der Waals surface area contributed by atoms with Gasteiger partial charge in [-0.3, -0.25) is 9.52 Å². The minimum absolute atomic E-state index is 0.0698. The molecular formula is C17H18N2O3S. The summed E-state index contributed by atoms with van der Waals surface area (Å²) in [5, 5.41) is 2.77. The molecule has 1 atom stereocenters. The van der Waals surface area contributed by atoms with Crippen molar-refractivity contribution in [2.45, 2.75) is 25.5 Å². The molecule has 0 aliphatic carbocycles. The summed E-state index contributed by atoms with van der Waals surface area (Å²) in [6.45, 7) is 3.75. The van der Waals surface area contributed by atoms with Crippen LogP contribution in [0, 0.1) is 6.92 Å². The van der Waals surface area contributed by atoms with Gasteiger partial charge in [0.2, 0.25) is 15.9 Å². The van der Waals surface area contributed by atoms with Crippen LogP contribution in [0.4, 0.5) is 11.4 Å². The van der Waals surface area contributed by atoms with Crippen molar-refractivity contribution in [2.75, 3.05) is 10.0 Å². The molecule has 6 heteroatoms. The lowest BCUT2D eigenvalue weighted by molar-refractivity contribution is -0.116. The van der Waals surface area contributed by atoms with Crippen LogP contribution in [0.15, 0.2) is 42.5 Å². The number of carbonyl (C=O) groups excluding carboxylic acids is 1. The Balaban J connectivity index is 1.79. The summed E-state index contributed by atoms with van der Waals surface area (Å²) in [6.07, 6.45) is 0. The number of sulfonamides is 1. The summed E-state index contributed by atoms with van der Waals surface area (Å²) in [4.78, 5) is 11.6. The number of benzene rings is 2.